The molecule has 1 N–H and O–H groups in total. The first-order valence-corrected chi connectivity index (χ1v) is 11.1. The summed E-state index contributed by atoms with van der Waals surface area (Å²) in [4.78, 5) is 24.6. The fourth-order valence-electron chi connectivity index (χ4n) is 4.99. The third kappa shape index (κ3) is 3.83. The minimum Gasteiger partial charge on any atom is -0.310 e. The molecule has 2 aromatic carbocycles. The Hall–Kier alpha value is -2.79. The molecule has 0 amide bonds. The van der Waals surface area contributed by atoms with Crippen molar-refractivity contribution in [3.05, 3.63) is 81.2 Å². The molecular formula is C25H23ClFN3O. The van der Waals surface area contributed by atoms with Crippen molar-refractivity contribution >= 4 is 33.4 Å². The molecule has 0 radical (unpaired) electrons. The van der Waals surface area contributed by atoms with Gasteiger partial charge in [0.05, 0.1) is 16.4 Å². The van der Waals surface area contributed by atoms with Gasteiger partial charge in [0, 0.05) is 22.5 Å². The van der Waals surface area contributed by atoms with Crippen LogP contribution in [0.1, 0.15) is 55.8 Å². The lowest BCUT2D eigenvalue weighted by molar-refractivity contribution is 0.285. The maximum absolute atomic E-state index is 13.8. The molecule has 1 atom stereocenters. The summed E-state index contributed by atoms with van der Waals surface area (Å²) in [5.41, 5.74) is 2.56. The molecule has 1 fully saturated rings. The number of aromatic amines is 1. The number of pyridine rings is 1. The Kier molecular flexibility index (Phi) is 5.22. The standard InChI is InChI=1S/C25H23ClFN3O/c1-14(24-29-23-8-6-17(26)12-21(23)25(31)30-24)15-2-4-16(5-3-15)19-10-11-28-22-9-7-18(27)13-20(19)22/h6-16H,2-5H2,1H3,(H,29,30,31)/t14?,15-,16+. The van der Waals surface area contributed by atoms with Crippen LogP contribution in [-0.4, -0.2) is 15.0 Å². The summed E-state index contributed by atoms with van der Waals surface area (Å²) in [6, 6.07) is 12.1. The largest absolute Gasteiger partial charge is 0.310 e. The Morgan fingerprint density at radius 3 is 2.61 bits per heavy atom. The number of nitrogens with zero attached hydrogens (tertiary/aromatic N) is 2. The number of halogens is 2. The van der Waals surface area contributed by atoms with Crippen LogP contribution in [0.15, 0.2) is 53.5 Å². The maximum Gasteiger partial charge on any atom is 0.258 e. The zero-order valence-electron chi connectivity index (χ0n) is 17.2. The van der Waals surface area contributed by atoms with Gasteiger partial charge in [0.1, 0.15) is 11.6 Å². The van der Waals surface area contributed by atoms with E-state index in [4.69, 9.17) is 16.6 Å². The van der Waals surface area contributed by atoms with Crippen molar-refractivity contribution < 1.29 is 4.39 Å². The van der Waals surface area contributed by atoms with Gasteiger partial charge in [-0.3, -0.25) is 9.78 Å². The maximum atomic E-state index is 13.8. The summed E-state index contributed by atoms with van der Waals surface area (Å²) in [6.45, 7) is 2.14. The minimum atomic E-state index is -0.225. The molecule has 0 saturated heterocycles. The van der Waals surface area contributed by atoms with Crippen molar-refractivity contribution in [3.63, 3.8) is 0 Å². The third-order valence-electron chi connectivity index (χ3n) is 6.77. The van der Waals surface area contributed by atoms with Gasteiger partial charge in [-0.05, 0) is 85.5 Å². The van der Waals surface area contributed by atoms with Gasteiger partial charge < -0.3 is 4.98 Å². The van der Waals surface area contributed by atoms with Crippen LogP contribution < -0.4 is 5.56 Å². The Morgan fingerprint density at radius 2 is 1.81 bits per heavy atom. The second kappa shape index (κ2) is 8.04. The summed E-state index contributed by atoms with van der Waals surface area (Å²) >= 11 is 6.02. The van der Waals surface area contributed by atoms with Gasteiger partial charge in [-0.2, -0.15) is 0 Å². The van der Waals surface area contributed by atoms with Crippen LogP contribution in [0.2, 0.25) is 5.02 Å². The lowest BCUT2D eigenvalue weighted by Crippen LogP contribution is -2.22. The van der Waals surface area contributed by atoms with Crippen molar-refractivity contribution in [3.8, 4) is 0 Å². The molecule has 0 aliphatic heterocycles. The van der Waals surface area contributed by atoms with E-state index in [0.717, 1.165) is 42.4 Å². The highest BCUT2D eigenvalue weighted by Gasteiger charge is 2.29. The zero-order valence-corrected chi connectivity index (χ0v) is 18.0. The van der Waals surface area contributed by atoms with E-state index in [0.29, 0.717) is 27.8 Å². The molecule has 158 valence electrons. The first-order valence-electron chi connectivity index (χ1n) is 10.7. The lowest BCUT2D eigenvalue weighted by Gasteiger charge is -2.32. The normalized spacial score (nSPS) is 20.2. The first kappa shape index (κ1) is 20.1. The highest BCUT2D eigenvalue weighted by molar-refractivity contribution is 6.31. The van der Waals surface area contributed by atoms with E-state index in [1.54, 1.807) is 30.3 Å². The van der Waals surface area contributed by atoms with Crippen LogP contribution in [0.4, 0.5) is 4.39 Å². The van der Waals surface area contributed by atoms with Gasteiger partial charge in [-0.15, -0.1) is 0 Å². The molecule has 1 aliphatic rings. The quantitative estimate of drug-likeness (QED) is 0.408. The molecular weight excluding hydrogens is 413 g/mol. The van der Waals surface area contributed by atoms with Gasteiger partial charge in [0.25, 0.3) is 5.56 Å². The Bertz CT molecular complexity index is 1330. The molecule has 31 heavy (non-hydrogen) atoms. The zero-order chi connectivity index (χ0) is 21.5. The summed E-state index contributed by atoms with van der Waals surface area (Å²) in [5, 5.41) is 1.96. The van der Waals surface area contributed by atoms with Crippen molar-refractivity contribution in [1.82, 2.24) is 15.0 Å². The Balaban J connectivity index is 1.36. The summed E-state index contributed by atoms with van der Waals surface area (Å²) < 4.78 is 13.8. The predicted molar refractivity (Wildman–Crippen MR) is 122 cm³/mol. The molecule has 5 rings (SSSR count). The number of hydrogen-bond donors (Lipinski definition) is 1. The highest BCUT2D eigenvalue weighted by Crippen LogP contribution is 2.42. The van der Waals surface area contributed by atoms with Gasteiger partial charge in [-0.25, -0.2) is 9.37 Å². The Labute approximate surface area is 184 Å². The average molecular weight is 436 g/mol. The number of benzene rings is 2. The van der Waals surface area contributed by atoms with E-state index >= 15 is 0 Å². The monoisotopic (exact) mass is 435 g/mol. The fraction of sp³-hybridized carbons (Fsp3) is 0.320. The molecule has 4 aromatic rings. The van der Waals surface area contributed by atoms with Crippen LogP contribution in [-0.2, 0) is 0 Å². The van der Waals surface area contributed by atoms with Gasteiger partial charge in [-0.1, -0.05) is 18.5 Å². The van der Waals surface area contributed by atoms with Crippen LogP contribution in [0.3, 0.4) is 0 Å². The van der Waals surface area contributed by atoms with E-state index in [2.05, 4.69) is 16.9 Å². The van der Waals surface area contributed by atoms with Crippen LogP contribution in [0.25, 0.3) is 21.8 Å². The van der Waals surface area contributed by atoms with E-state index in [1.807, 2.05) is 12.3 Å². The summed E-state index contributed by atoms with van der Waals surface area (Å²) in [7, 11) is 0. The van der Waals surface area contributed by atoms with Crippen molar-refractivity contribution in [1.29, 1.82) is 0 Å². The smallest absolute Gasteiger partial charge is 0.258 e. The average Bonchev–Trinajstić information content (AvgIpc) is 2.78. The predicted octanol–water partition coefficient (Wildman–Crippen LogP) is 6.34. The lowest BCUT2D eigenvalue weighted by atomic mass is 9.73. The van der Waals surface area contributed by atoms with E-state index in [1.165, 1.54) is 11.6 Å². The number of fused-ring (bicyclic) bond motifs is 2. The number of H-pyrrole nitrogens is 1. The van der Waals surface area contributed by atoms with Crippen molar-refractivity contribution in [2.24, 2.45) is 5.92 Å². The topological polar surface area (TPSA) is 58.6 Å². The molecule has 1 unspecified atom stereocenters. The van der Waals surface area contributed by atoms with Crippen molar-refractivity contribution in [2.45, 2.75) is 44.4 Å². The molecule has 2 heterocycles. The van der Waals surface area contributed by atoms with Gasteiger partial charge in [0.2, 0.25) is 0 Å². The molecule has 2 aromatic heterocycles. The highest BCUT2D eigenvalue weighted by atomic mass is 35.5. The van der Waals surface area contributed by atoms with Gasteiger partial charge >= 0.3 is 0 Å². The second-order valence-corrected chi connectivity index (χ2v) is 9.01. The van der Waals surface area contributed by atoms with Gasteiger partial charge in [0.15, 0.2) is 0 Å². The summed E-state index contributed by atoms with van der Waals surface area (Å²) in [5.74, 6) is 1.49. The molecule has 6 heteroatoms. The van der Waals surface area contributed by atoms with Crippen molar-refractivity contribution in [2.75, 3.05) is 0 Å². The number of nitrogens with one attached hydrogen (secondary N) is 1. The van der Waals surface area contributed by atoms with Crippen LogP contribution >= 0.6 is 11.6 Å². The second-order valence-electron chi connectivity index (χ2n) is 8.57. The SMILES string of the molecule is CC(c1nc2ccc(Cl)cc2c(=O)[nH]1)[C@H]1CC[C@@H](c2ccnc3ccc(F)cc32)CC1. The van der Waals surface area contributed by atoms with E-state index < -0.39 is 0 Å². The van der Waals surface area contributed by atoms with Crippen LogP contribution in [0, 0.1) is 11.7 Å². The molecule has 0 spiro atoms. The van der Waals surface area contributed by atoms with Crippen LogP contribution in [0.5, 0.6) is 0 Å². The molecule has 1 saturated carbocycles. The summed E-state index contributed by atoms with van der Waals surface area (Å²) in [6.07, 6.45) is 5.94. The van der Waals surface area contributed by atoms with E-state index in [9.17, 15) is 9.18 Å². The molecule has 0 bridgehead atoms. The molecule has 1 aliphatic carbocycles. The number of aromatic nitrogens is 3. The minimum absolute atomic E-state index is 0.145. The third-order valence-corrected chi connectivity index (χ3v) is 7.01. The fourth-order valence-corrected chi connectivity index (χ4v) is 5.17. The number of hydrogen-bond acceptors (Lipinski definition) is 3. The number of rotatable bonds is 3. The molecule has 4 nitrogen and oxygen atoms in total. The first-order chi connectivity index (χ1) is 15.0. The van der Waals surface area contributed by atoms with E-state index in [-0.39, 0.29) is 17.3 Å². The Morgan fingerprint density at radius 1 is 1.03 bits per heavy atom.